The number of nitrogens with two attached hydrogens (primary N) is 1. The fraction of sp³-hybridized carbons (Fsp3) is 0.714. The Kier molecular flexibility index (Phi) is 1.02. The van der Waals surface area contributed by atoms with Gasteiger partial charge in [-0.05, 0) is 19.3 Å². The highest BCUT2D eigenvalue weighted by Crippen LogP contribution is 2.31. The van der Waals surface area contributed by atoms with Crippen LogP contribution in [0.1, 0.15) is 19.3 Å². The molecule has 2 aliphatic rings. The maximum Gasteiger partial charge on any atom is 0.0746 e. The maximum atomic E-state index is 5.67. The van der Waals surface area contributed by atoms with Gasteiger partial charge in [-0.15, -0.1) is 0 Å². The molecule has 2 nitrogen and oxygen atoms in total. The quantitative estimate of drug-likeness (QED) is 0.495. The average molecular weight is 124 g/mol. The van der Waals surface area contributed by atoms with Crippen LogP contribution in [0.15, 0.2) is 11.8 Å². The Balaban J connectivity index is 2.15. The maximum absolute atomic E-state index is 5.67. The van der Waals surface area contributed by atoms with E-state index >= 15 is 0 Å². The number of hydrogen-bond donors (Lipinski definition) is 2. The van der Waals surface area contributed by atoms with Crippen LogP contribution in [0.3, 0.4) is 0 Å². The van der Waals surface area contributed by atoms with Crippen LogP contribution < -0.4 is 11.1 Å². The Morgan fingerprint density at radius 3 is 3.33 bits per heavy atom. The third kappa shape index (κ3) is 0.741. The van der Waals surface area contributed by atoms with E-state index in [4.69, 9.17) is 5.73 Å². The van der Waals surface area contributed by atoms with Crippen LogP contribution in [0.4, 0.5) is 0 Å². The van der Waals surface area contributed by atoms with Gasteiger partial charge >= 0.3 is 0 Å². The van der Waals surface area contributed by atoms with Crippen LogP contribution in [-0.4, -0.2) is 6.17 Å². The molecule has 0 spiro atoms. The summed E-state index contributed by atoms with van der Waals surface area (Å²) in [5, 5.41) is 3.25. The lowest BCUT2D eigenvalue weighted by molar-refractivity contribution is 0.558. The lowest BCUT2D eigenvalue weighted by Gasteiger charge is -2.00. The van der Waals surface area contributed by atoms with E-state index in [0.717, 1.165) is 12.3 Å². The van der Waals surface area contributed by atoms with Gasteiger partial charge in [0.2, 0.25) is 0 Å². The largest absolute Gasteiger partial charge is 0.373 e. The molecule has 2 unspecified atom stereocenters. The molecule has 2 atom stereocenters. The second-order valence-electron chi connectivity index (χ2n) is 2.92. The zero-order valence-corrected chi connectivity index (χ0v) is 5.43. The van der Waals surface area contributed by atoms with Gasteiger partial charge in [-0.3, -0.25) is 0 Å². The Bertz CT molecular complexity index is 151. The summed E-state index contributed by atoms with van der Waals surface area (Å²) in [5.41, 5.74) is 7.08. The number of rotatable bonds is 0. The Hall–Kier alpha value is -0.500. The summed E-state index contributed by atoms with van der Waals surface area (Å²) in [6, 6.07) is 0. The van der Waals surface area contributed by atoms with Crippen molar-refractivity contribution in [3.63, 3.8) is 0 Å². The molecule has 1 aliphatic carbocycles. The molecule has 0 bridgehead atoms. The molecule has 0 radical (unpaired) electrons. The standard InChI is InChI=1S/C7H12N2/c8-7-4-5-2-1-3-6(5)9-7/h3,5,7,9H,1-2,4,8H2. The first-order chi connectivity index (χ1) is 4.36. The Morgan fingerprint density at radius 1 is 1.67 bits per heavy atom. The molecule has 1 saturated heterocycles. The van der Waals surface area contributed by atoms with Crippen molar-refractivity contribution in [2.45, 2.75) is 25.4 Å². The number of hydrogen-bond acceptors (Lipinski definition) is 2. The third-order valence-corrected chi connectivity index (χ3v) is 2.21. The molecule has 0 amide bonds. The molecule has 1 heterocycles. The molecule has 0 aromatic heterocycles. The van der Waals surface area contributed by atoms with Crippen molar-refractivity contribution in [3.8, 4) is 0 Å². The van der Waals surface area contributed by atoms with Crippen LogP contribution in [0.25, 0.3) is 0 Å². The minimum atomic E-state index is 0.238. The Morgan fingerprint density at radius 2 is 2.56 bits per heavy atom. The van der Waals surface area contributed by atoms with Crippen molar-refractivity contribution in [2.75, 3.05) is 0 Å². The SMILES string of the molecule is NC1CC2CCC=C2N1. The van der Waals surface area contributed by atoms with E-state index in [0.29, 0.717) is 0 Å². The summed E-state index contributed by atoms with van der Waals surface area (Å²) in [4.78, 5) is 0. The van der Waals surface area contributed by atoms with Crippen LogP contribution in [0.2, 0.25) is 0 Å². The van der Waals surface area contributed by atoms with Crippen molar-refractivity contribution < 1.29 is 0 Å². The van der Waals surface area contributed by atoms with Gasteiger partial charge in [0.1, 0.15) is 0 Å². The van der Waals surface area contributed by atoms with Gasteiger partial charge in [-0.2, -0.15) is 0 Å². The monoisotopic (exact) mass is 124 g/mol. The molecule has 1 aliphatic heterocycles. The molecular weight excluding hydrogens is 112 g/mol. The highest BCUT2D eigenvalue weighted by molar-refractivity contribution is 5.16. The first-order valence-electron chi connectivity index (χ1n) is 3.58. The summed E-state index contributed by atoms with van der Waals surface area (Å²) in [7, 11) is 0. The number of allylic oxidation sites excluding steroid dienone is 2. The van der Waals surface area contributed by atoms with Gasteiger partial charge in [0.15, 0.2) is 0 Å². The van der Waals surface area contributed by atoms with E-state index in [-0.39, 0.29) is 6.17 Å². The van der Waals surface area contributed by atoms with Crippen molar-refractivity contribution in [1.29, 1.82) is 0 Å². The summed E-state index contributed by atoms with van der Waals surface area (Å²) in [5.74, 6) is 0.778. The van der Waals surface area contributed by atoms with Gasteiger partial charge in [0, 0.05) is 11.6 Å². The van der Waals surface area contributed by atoms with E-state index in [1.807, 2.05) is 0 Å². The van der Waals surface area contributed by atoms with Crippen LogP contribution in [-0.2, 0) is 0 Å². The lowest BCUT2D eigenvalue weighted by atomic mass is 10.1. The van der Waals surface area contributed by atoms with Gasteiger partial charge in [0.25, 0.3) is 0 Å². The molecule has 2 heteroatoms. The normalized spacial score (nSPS) is 39.9. The van der Waals surface area contributed by atoms with Gasteiger partial charge in [-0.25, -0.2) is 0 Å². The van der Waals surface area contributed by atoms with E-state index in [1.165, 1.54) is 18.5 Å². The first-order valence-corrected chi connectivity index (χ1v) is 3.58. The average Bonchev–Trinajstić information content (AvgIpc) is 2.22. The molecule has 50 valence electrons. The lowest BCUT2D eigenvalue weighted by Crippen LogP contribution is -2.29. The molecule has 3 N–H and O–H groups in total. The summed E-state index contributed by atoms with van der Waals surface area (Å²) in [6.07, 6.45) is 6.22. The van der Waals surface area contributed by atoms with E-state index in [9.17, 15) is 0 Å². The van der Waals surface area contributed by atoms with Crippen molar-refractivity contribution in [2.24, 2.45) is 11.7 Å². The summed E-state index contributed by atoms with van der Waals surface area (Å²) >= 11 is 0. The predicted octanol–water partition coefficient (Wildman–Crippen LogP) is 0.558. The van der Waals surface area contributed by atoms with Crippen molar-refractivity contribution in [1.82, 2.24) is 5.32 Å². The third-order valence-electron chi connectivity index (χ3n) is 2.21. The number of fused-ring (bicyclic) bond motifs is 1. The van der Waals surface area contributed by atoms with Crippen LogP contribution in [0.5, 0.6) is 0 Å². The van der Waals surface area contributed by atoms with Gasteiger partial charge in [-0.1, -0.05) is 6.08 Å². The van der Waals surface area contributed by atoms with Crippen LogP contribution in [0, 0.1) is 5.92 Å². The molecule has 0 saturated carbocycles. The van der Waals surface area contributed by atoms with Gasteiger partial charge in [0.05, 0.1) is 6.17 Å². The molecular formula is C7H12N2. The molecule has 0 aromatic carbocycles. The minimum Gasteiger partial charge on any atom is -0.373 e. The fourth-order valence-electron chi connectivity index (χ4n) is 1.76. The number of nitrogens with one attached hydrogen (secondary N) is 1. The fourth-order valence-corrected chi connectivity index (χ4v) is 1.76. The summed E-state index contributed by atoms with van der Waals surface area (Å²) < 4.78 is 0. The highest BCUT2D eigenvalue weighted by atomic mass is 15.1. The van der Waals surface area contributed by atoms with E-state index in [1.54, 1.807) is 0 Å². The second kappa shape index (κ2) is 1.74. The second-order valence-corrected chi connectivity index (χ2v) is 2.92. The van der Waals surface area contributed by atoms with E-state index in [2.05, 4.69) is 11.4 Å². The Labute approximate surface area is 55.1 Å². The van der Waals surface area contributed by atoms with Crippen molar-refractivity contribution in [3.05, 3.63) is 11.8 Å². The smallest absolute Gasteiger partial charge is 0.0746 e. The first kappa shape index (κ1) is 5.30. The van der Waals surface area contributed by atoms with Crippen molar-refractivity contribution >= 4 is 0 Å². The predicted molar refractivity (Wildman–Crippen MR) is 36.5 cm³/mol. The molecule has 1 fully saturated rings. The molecule has 0 aromatic rings. The zero-order chi connectivity index (χ0) is 6.27. The summed E-state index contributed by atoms with van der Waals surface area (Å²) in [6.45, 7) is 0. The minimum absolute atomic E-state index is 0.238. The van der Waals surface area contributed by atoms with E-state index < -0.39 is 0 Å². The molecule has 2 rings (SSSR count). The van der Waals surface area contributed by atoms with Gasteiger partial charge < -0.3 is 11.1 Å². The topological polar surface area (TPSA) is 38.0 Å². The molecule has 9 heavy (non-hydrogen) atoms. The zero-order valence-electron chi connectivity index (χ0n) is 5.43. The highest BCUT2D eigenvalue weighted by Gasteiger charge is 2.28. The van der Waals surface area contributed by atoms with Crippen LogP contribution >= 0.6 is 0 Å².